The Balaban J connectivity index is 1.39. The number of morpholine rings is 1. The van der Waals surface area contributed by atoms with E-state index in [-0.39, 0.29) is 0 Å². The summed E-state index contributed by atoms with van der Waals surface area (Å²) >= 11 is 0. The van der Waals surface area contributed by atoms with Gasteiger partial charge in [-0.05, 0) is 42.5 Å². The summed E-state index contributed by atoms with van der Waals surface area (Å²) in [6, 6.07) is 16.0. The van der Waals surface area contributed by atoms with Gasteiger partial charge in [-0.25, -0.2) is 0 Å². The van der Waals surface area contributed by atoms with Crippen molar-refractivity contribution >= 4 is 5.69 Å². The van der Waals surface area contributed by atoms with Crippen LogP contribution in [0.5, 0.6) is 0 Å². The molecule has 1 N–H and O–H groups in total. The first-order valence-corrected chi connectivity index (χ1v) is 9.42. The molecule has 1 aliphatic rings. The molecule has 1 aliphatic heterocycles. The predicted octanol–water partition coefficient (Wildman–Crippen LogP) is 3.62. The van der Waals surface area contributed by atoms with Crippen molar-refractivity contribution in [3.8, 4) is 28.7 Å². The number of hydrogen-bond donors (Lipinski definition) is 1. The van der Waals surface area contributed by atoms with E-state index in [9.17, 15) is 5.26 Å². The van der Waals surface area contributed by atoms with Crippen molar-refractivity contribution in [1.82, 2.24) is 9.88 Å². The van der Waals surface area contributed by atoms with Gasteiger partial charge in [0.2, 0.25) is 0 Å². The van der Waals surface area contributed by atoms with Gasteiger partial charge in [-0.3, -0.25) is 9.88 Å². The minimum atomic E-state index is 0.503. The molecular weight excluding hydrogens is 352 g/mol. The zero-order valence-corrected chi connectivity index (χ0v) is 15.6. The number of pyridine rings is 1. The standard InChI is InChI=1S/C22H22N4O2/c23-15-18-16-24-8-7-20(18)22-6-5-21(28-22)17-1-3-19(4-2-17)25-9-10-26-11-13-27-14-12-26/h1-8,16,25H,9-14H2. The fraction of sp³-hybridized carbons (Fsp3) is 0.273. The van der Waals surface area contributed by atoms with Crippen molar-refractivity contribution < 1.29 is 9.15 Å². The number of benzene rings is 1. The number of anilines is 1. The summed E-state index contributed by atoms with van der Waals surface area (Å²) < 4.78 is 11.4. The Morgan fingerprint density at radius 2 is 1.82 bits per heavy atom. The van der Waals surface area contributed by atoms with Gasteiger partial charge in [0.1, 0.15) is 17.6 Å². The van der Waals surface area contributed by atoms with Gasteiger partial charge in [0.25, 0.3) is 0 Å². The Hall–Kier alpha value is -3.14. The lowest BCUT2D eigenvalue weighted by Gasteiger charge is -2.26. The van der Waals surface area contributed by atoms with Gasteiger partial charge in [0.15, 0.2) is 0 Å². The topological polar surface area (TPSA) is 74.3 Å². The van der Waals surface area contributed by atoms with E-state index < -0.39 is 0 Å². The Bertz CT molecular complexity index is 953. The molecule has 0 amide bonds. The van der Waals surface area contributed by atoms with Crippen LogP contribution in [0.25, 0.3) is 22.6 Å². The lowest BCUT2D eigenvalue weighted by molar-refractivity contribution is 0.0398. The average Bonchev–Trinajstić information content (AvgIpc) is 3.25. The lowest BCUT2D eigenvalue weighted by Crippen LogP contribution is -2.38. The monoisotopic (exact) mass is 374 g/mol. The van der Waals surface area contributed by atoms with Gasteiger partial charge in [-0.1, -0.05) is 0 Å². The van der Waals surface area contributed by atoms with Crippen molar-refractivity contribution in [3.63, 3.8) is 0 Å². The molecule has 3 aromatic rings. The molecule has 0 bridgehead atoms. The highest BCUT2D eigenvalue weighted by molar-refractivity contribution is 5.69. The molecule has 0 unspecified atom stereocenters. The minimum absolute atomic E-state index is 0.503. The van der Waals surface area contributed by atoms with Crippen molar-refractivity contribution in [2.24, 2.45) is 0 Å². The molecule has 28 heavy (non-hydrogen) atoms. The molecule has 1 aromatic carbocycles. The van der Waals surface area contributed by atoms with Crippen LogP contribution in [0.2, 0.25) is 0 Å². The summed E-state index contributed by atoms with van der Waals surface area (Å²) in [5.41, 5.74) is 3.34. The van der Waals surface area contributed by atoms with E-state index in [4.69, 9.17) is 9.15 Å². The second-order valence-electron chi connectivity index (χ2n) is 6.66. The summed E-state index contributed by atoms with van der Waals surface area (Å²) in [7, 11) is 0. The third-order valence-corrected chi connectivity index (χ3v) is 4.84. The Labute approximate surface area is 164 Å². The number of nitrogens with zero attached hydrogens (tertiary/aromatic N) is 3. The first-order chi connectivity index (χ1) is 13.8. The SMILES string of the molecule is N#Cc1cnccc1-c1ccc(-c2ccc(NCCN3CCOCC3)cc2)o1. The van der Waals surface area contributed by atoms with Gasteiger partial charge in [-0.15, -0.1) is 0 Å². The maximum absolute atomic E-state index is 9.24. The zero-order valence-electron chi connectivity index (χ0n) is 15.6. The van der Waals surface area contributed by atoms with Crippen molar-refractivity contribution in [3.05, 3.63) is 60.4 Å². The normalized spacial score (nSPS) is 14.5. The van der Waals surface area contributed by atoms with Gasteiger partial charge in [0.05, 0.1) is 18.8 Å². The van der Waals surface area contributed by atoms with Crippen LogP contribution in [0.4, 0.5) is 5.69 Å². The highest BCUT2D eigenvalue weighted by Crippen LogP contribution is 2.30. The third-order valence-electron chi connectivity index (χ3n) is 4.84. The molecular formula is C22H22N4O2. The van der Waals surface area contributed by atoms with E-state index in [1.807, 2.05) is 24.3 Å². The Morgan fingerprint density at radius 1 is 1.04 bits per heavy atom. The van der Waals surface area contributed by atoms with Crippen molar-refractivity contribution in [1.29, 1.82) is 5.26 Å². The van der Waals surface area contributed by atoms with E-state index in [0.29, 0.717) is 11.3 Å². The number of furan rings is 1. The van der Waals surface area contributed by atoms with E-state index in [1.54, 1.807) is 18.5 Å². The molecule has 1 fully saturated rings. The highest BCUT2D eigenvalue weighted by Gasteiger charge is 2.11. The minimum Gasteiger partial charge on any atom is -0.456 e. The van der Waals surface area contributed by atoms with Crippen LogP contribution in [0.15, 0.2) is 59.3 Å². The quantitative estimate of drug-likeness (QED) is 0.710. The molecule has 6 nitrogen and oxygen atoms in total. The predicted molar refractivity (Wildman–Crippen MR) is 108 cm³/mol. The number of nitriles is 1. The third kappa shape index (κ3) is 4.22. The highest BCUT2D eigenvalue weighted by atomic mass is 16.5. The Kier molecular flexibility index (Phi) is 5.66. The second-order valence-corrected chi connectivity index (χ2v) is 6.66. The number of nitrogens with one attached hydrogen (secondary N) is 1. The largest absolute Gasteiger partial charge is 0.456 e. The van der Waals surface area contributed by atoms with Crippen LogP contribution >= 0.6 is 0 Å². The van der Waals surface area contributed by atoms with Gasteiger partial charge in [-0.2, -0.15) is 5.26 Å². The molecule has 0 atom stereocenters. The molecule has 3 heterocycles. The molecule has 1 saturated heterocycles. The number of ether oxygens (including phenoxy) is 1. The van der Waals surface area contributed by atoms with Crippen LogP contribution in [0.1, 0.15) is 5.56 Å². The number of aromatic nitrogens is 1. The summed E-state index contributed by atoms with van der Waals surface area (Å²) in [6.45, 7) is 5.59. The van der Waals surface area contributed by atoms with Crippen LogP contribution < -0.4 is 5.32 Å². The van der Waals surface area contributed by atoms with Crippen LogP contribution in [-0.2, 0) is 4.74 Å². The van der Waals surface area contributed by atoms with Gasteiger partial charge >= 0.3 is 0 Å². The smallest absolute Gasteiger partial charge is 0.136 e. The van der Waals surface area contributed by atoms with Crippen LogP contribution in [0, 0.1) is 11.3 Å². The van der Waals surface area contributed by atoms with E-state index in [2.05, 4.69) is 33.4 Å². The number of rotatable bonds is 6. The molecule has 0 aliphatic carbocycles. The maximum Gasteiger partial charge on any atom is 0.136 e. The van der Waals surface area contributed by atoms with E-state index in [0.717, 1.165) is 62.0 Å². The molecule has 2 aromatic heterocycles. The fourth-order valence-electron chi connectivity index (χ4n) is 3.27. The number of hydrogen-bond acceptors (Lipinski definition) is 6. The zero-order chi connectivity index (χ0) is 19.2. The summed E-state index contributed by atoms with van der Waals surface area (Å²) in [6.07, 6.45) is 3.21. The van der Waals surface area contributed by atoms with Crippen molar-refractivity contribution in [2.75, 3.05) is 44.7 Å². The van der Waals surface area contributed by atoms with Crippen LogP contribution in [-0.4, -0.2) is 49.3 Å². The summed E-state index contributed by atoms with van der Waals surface area (Å²) in [4.78, 5) is 6.40. The molecule has 4 rings (SSSR count). The summed E-state index contributed by atoms with van der Waals surface area (Å²) in [5.74, 6) is 1.44. The average molecular weight is 374 g/mol. The van der Waals surface area contributed by atoms with Crippen LogP contribution in [0.3, 0.4) is 0 Å². The Morgan fingerprint density at radius 3 is 2.61 bits per heavy atom. The second kappa shape index (κ2) is 8.70. The van der Waals surface area contributed by atoms with Crippen molar-refractivity contribution in [2.45, 2.75) is 0 Å². The first kappa shape index (κ1) is 18.2. The van der Waals surface area contributed by atoms with E-state index >= 15 is 0 Å². The maximum atomic E-state index is 9.24. The van der Waals surface area contributed by atoms with Gasteiger partial charge in [0, 0.05) is 55.4 Å². The lowest BCUT2D eigenvalue weighted by atomic mass is 10.1. The first-order valence-electron chi connectivity index (χ1n) is 9.42. The van der Waals surface area contributed by atoms with E-state index in [1.165, 1.54) is 0 Å². The fourth-order valence-corrected chi connectivity index (χ4v) is 3.27. The summed E-state index contributed by atoms with van der Waals surface area (Å²) in [5, 5.41) is 12.7. The molecule has 142 valence electrons. The van der Waals surface area contributed by atoms with Gasteiger partial charge < -0.3 is 14.5 Å². The molecule has 0 spiro atoms. The molecule has 0 radical (unpaired) electrons. The molecule has 0 saturated carbocycles. The molecule has 6 heteroatoms.